The number of rotatable bonds is 3. The van der Waals surface area contributed by atoms with E-state index in [-0.39, 0.29) is 11.8 Å². The van der Waals surface area contributed by atoms with Crippen LogP contribution in [0.15, 0.2) is 30.6 Å². The standard InChI is InChI=1S/C18H20N4O/c1-11-6-14-7-12(2-4-15(14)22-11)9-19-18(23)13-3-5-16-17(8-13)21-10-20-16/h2,4,6-7,10,13,22H,3,5,8-9H2,1H3,(H,19,23)(H,20,21). The zero-order valence-electron chi connectivity index (χ0n) is 13.1. The van der Waals surface area contributed by atoms with Crippen molar-refractivity contribution in [3.63, 3.8) is 0 Å². The Kier molecular flexibility index (Phi) is 3.41. The second kappa shape index (κ2) is 5.57. The Morgan fingerprint density at radius 2 is 2.30 bits per heavy atom. The predicted molar refractivity (Wildman–Crippen MR) is 89.0 cm³/mol. The Bertz CT molecular complexity index is 861. The van der Waals surface area contributed by atoms with Crippen LogP contribution in [-0.2, 0) is 24.2 Å². The lowest BCUT2D eigenvalue weighted by molar-refractivity contribution is -0.125. The van der Waals surface area contributed by atoms with Crippen LogP contribution >= 0.6 is 0 Å². The van der Waals surface area contributed by atoms with Gasteiger partial charge in [0.25, 0.3) is 0 Å². The van der Waals surface area contributed by atoms with E-state index in [9.17, 15) is 4.79 Å². The number of nitrogens with one attached hydrogen (secondary N) is 3. The largest absolute Gasteiger partial charge is 0.359 e. The minimum absolute atomic E-state index is 0.0428. The minimum Gasteiger partial charge on any atom is -0.359 e. The molecular weight excluding hydrogens is 288 g/mol. The molecule has 1 aliphatic rings. The van der Waals surface area contributed by atoms with Crippen molar-refractivity contribution < 1.29 is 4.79 Å². The van der Waals surface area contributed by atoms with Crippen LogP contribution in [0, 0.1) is 12.8 Å². The summed E-state index contributed by atoms with van der Waals surface area (Å²) in [5, 5.41) is 4.27. The van der Waals surface area contributed by atoms with Crippen molar-refractivity contribution in [2.45, 2.75) is 32.7 Å². The quantitative estimate of drug-likeness (QED) is 0.696. The number of amides is 1. The molecule has 1 unspecified atom stereocenters. The highest BCUT2D eigenvalue weighted by atomic mass is 16.1. The molecule has 1 atom stereocenters. The number of nitrogens with zero attached hydrogens (tertiary/aromatic N) is 1. The van der Waals surface area contributed by atoms with Crippen LogP contribution in [0.2, 0.25) is 0 Å². The SMILES string of the molecule is Cc1cc2cc(CNC(=O)C3CCc4nc[nH]c4C3)ccc2[nH]1. The van der Waals surface area contributed by atoms with Crippen molar-refractivity contribution in [2.24, 2.45) is 5.92 Å². The summed E-state index contributed by atoms with van der Waals surface area (Å²) in [6.07, 6.45) is 4.24. The van der Waals surface area contributed by atoms with Gasteiger partial charge in [0.05, 0.1) is 12.0 Å². The number of aromatic amines is 2. The highest BCUT2D eigenvalue weighted by Crippen LogP contribution is 2.23. The summed E-state index contributed by atoms with van der Waals surface area (Å²) in [5.74, 6) is 0.178. The van der Waals surface area contributed by atoms with Gasteiger partial charge in [-0.2, -0.15) is 0 Å². The zero-order valence-corrected chi connectivity index (χ0v) is 13.1. The van der Waals surface area contributed by atoms with E-state index in [1.54, 1.807) is 6.33 Å². The number of H-pyrrole nitrogens is 2. The highest BCUT2D eigenvalue weighted by Gasteiger charge is 2.25. The number of aromatic nitrogens is 3. The molecule has 0 spiro atoms. The first-order chi connectivity index (χ1) is 11.2. The summed E-state index contributed by atoms with van der Waals surface area (Å²) in [5.41, 5.74) is 5.64. The fourth-order valence-electron chi connectivity index (χ4n) is 3.40. The number of aryl methyl sites for hydroxylation is 2. The molecule has 4 rings (SSSR count). The Labute approximate surface area is 134 Å². The van der Waals surface area contributed by atoms with Crippen molar-refractivity contribution in [1.29, 1.82) is 0 Å². The van der Waals surface area contributed by atoms with Crippen molar-refractivity contribution in [3.05, 3.63) is 53.2 Å². The molecule has 5 heteroatoms. The first-order valence-electron chi connectivity index (χ1n) is 8.06. The summed E-state index contributed by atoms with van der Waals surface area (Å²) >= 11 is 0. The minimum atomic E-state index is 0.0428. The molecule has 0 radical (unpaired) electrons. The number of hydrogen-bond acceptors (Lipinski definition) is 2. The smallest absolute Gasteiger partial charge is 0.223 e. The normalized spacial score (nSPS) is 17.2. The van der Waals surface area contributed by atoms with Crippen LogP contribution in [0.25, 0.3) is 10.9 Å². The molecule has 0 saturated heterocycles. The van der Waals surface area contributed by atoms with Crippen molar-refractivity contribution >= 4 is 16.8 Å². The van der Waals surface area contributed by atoms with Gasteiger partial charge in [0.15, 0.2) is 0 Å². The molecule has 0 fully saturated rings. The van der Waals surface area contributed by atoms with Gasteiger partial charge in [0.1, 0.15) is 0 Å². The summed E-state index contributed by atoms with van der Waals surface area (Å²) in [6, 6.07) is 8.39. The highest BCUT2D eigenvalue weighted by molar-refractivity contribution is 5.82. The van der Waals surface area contributed by atoms with Crippen LogP contribution in [0.5, 0.6) is 0 Å². The van der Waals surface area contributed by atoms with Gasteiger partial charge in [-0.05, 0) is 48.9 Å². The van der Waals surface area contributed by atoms with Crippen molar-refractivity contribution in [1.82, 2.24) is 20.3 Å². The van der Waals surface area contributed by atoms with E-state index in [0.717, 1.165) is 47.4 Å². The van der Waals surface area contributed by atoms with Crippen molar-refractivity contribution in [3.8, 4) is 0 Å². The third kappa shape index (κ3) is 2.74. The first kappa shape index (κ1) is 14.1. The van der Waals surface area contributed by atoms with Gasteiger partial charge >= 0.3 is 0 Å². The van der Waals surface area contributed by atoms with E-state index in [0.29, 0.717) is 6.54 Å². The molecular formula is C18H20N4O. The lowest BCUT2D eigenvalue weighted by Crippen LogP contribution is -2.33. The second-order valence-electron chi connectivity index (χ2n) is 6.36. The maximum absolute atomic E-state index is 12.4. The molecule has 1 aliphatic carbocycles. The maximum atomic E-state index is 12.4. The third-order valence-electron chi connectivity index (χ3n) is 4.64. The summed E-state index contributed by atoms with van der Waals surface area (Å²) in [6.45, 7) is 2.62. The van der Waals surface area contributed by atoms with Crippen LogP contribution in [0.3, 0.4) is 0 Å². The van der Waals surface area contributed by atoms with Gasteiger partial charge < -0.3 is 15.3 Å². The predicted octanol–water partition coefficient (Wildman–Crippen LogP) is 2.62. The number of imidazole rings is 1. The van der Waals surface area contributed by atoms with Gasteiger partial charge in [-0.25, -0.2) is 4.98 Å². The van der Waals surface area contributed by atoms with Gasteiger partial charge in [-0.3, -0.25) is 4.79 Å². The summed E-state index contributed by atoms with van der Waals surface area (Å²) in [7, 11) is 0. The Morgan fingerprint density at radius 3 is 3.22 bits per heavy atom. The zero-order chi connectivity index (χ0) is 15.8. The Balaban J connectivity index is 1.41. The third-order valence-corrected chi connectivity index (χ3v) is 4.64. The lowest BCUT2D eigenvalue weighted by atomic mass is 9.89. The van der Waals surface area contributed by atoms with Gasteiger partial charge in [-0.15, -0.1) is 0 Å². The van der Waals surface area contributed by atoms with Crippen LogP contribution in [0.1, 0.15) is 29.1 Å². The van der Waals surface area contributed by atoms with Crippen LogP contribution < -0.4 is 5.32 Å². The number of hydrogen-bond donors (Lipinski definition) is 3. The molecule has 0 bridgehead atoms. The molecule has 3 aromatic rings. The molecule has 0 saturated carbocycles. The fraction of sp³-hybridized carbons (Fsp3) is 0.333. The molecule has 118 valence electrons. The van der Waals surface area contributed by atoms with E-state index in [1.165, 1.54) is 5.39 Å². The van der Waals surface area contributed by atoms with Gasteiger partial charge in [0, 0.05) is 35.8 Å². The number of carbonyl (C=O) groups excluding carboxylic acids is 1. The molecule has 5 nitrogen and oxygen atoms in total. The van der Waals surface area contributed by atoms with E-state index in [4.69, 9.17) is 0 Å². The Morgan fingerprint density at radius 1 is 1.39 bits per heavy atom. The monoisotopic (exact) mass is 308 g/mol. The molecule has 0 aliphatic heterocycles. The Hall–Kier alpha value is -2.56. The number of benzene rings is 1. The van der Waals surface area contributed by atoms with Crippen LogP contribution in [0.4, 0.5) is 0 Å². The lowest BCUT2D eigenvalue weighted by Gasteiger charge is -2.20. The molecule has 1 aromatic carbocycles. The average molecular weight is 308 g/mol. The average Bonchev–Trinajstić information content (AvgIpc) is 3.16. The summed E-state index contributed by atoms with van der Waals surface area (Å²) < 4.78 is 0. The number of fused-ring (bicyclic) bond motifs is 2. The van der Waals surface area contributed by atoms with Crippen LogP contribution in [-0.4, -0.2) is 20.9 Å². The molecule has 1 amide bonds. The second-order valence-corrected chi connectivity index (χ2v) is 6.36. The fourth-order valence-corrected chi connectivity index (χ4v) is 3.40. The molecule has 23 heavy (non-hydrogen) atoms. The van der Waals surface area contributed by atoms with E-state index >= 15 is 0 Å². The molecule has 2 heterocycles. The molecule has 2 aromatic heterocycles. The van der Waals surface area contributed by atoms with Crippen molar-refractivity contribution in [2.75, 3.05) is 0 Å². The van der Waals surface area contributed by atoms with E-state index in [1.807, 2.05) is 6.92 Å². The van der Waals surface area contributed by atoms with Gasteiger partial charge in [-0.1, -0.05) is 6.07 Å². The molecule has 3 N–H and O–H groups in total. The van der Waals surface area contributed by atoms with Gasteiger partial charge in [0.2, 0.25) is 5.91 Å². The van der Waals surface area contributed by atoms with E-state index in [2.05, 4.69) is 44.5 Å². The summed E-state index contributed by atoms with van der Waals surface area (Å²) in [4.78, 5) is 23.2. The maximum Gasteiger partial charge on any atom is 0.223 e. The van der Waals surface area contributed by atoms with E-state index < -0.39 is 0 Å². The topological polar surface area (TPSA) is 73.6 Å². The first-order valence-corrected chi connectivity index (χ1v) is 8.06. The number of carbonyl (C=O) groups is 1.